The Morgan fingerprint density at radius 2 is 1.04 bits per heavy atom. The summed E-state index contributed by atoms with van der Waals surface area (Å²) < 4.78 is 133. The molecule has 0 N–H and O–H groups in total. The number of rotatable bonds is 7. The van der Waals surface area contributed by atoms with Crippen molar-refractivity contribution in [2.75, 3.05) is 4.90 Å². The van der Waals surface area contributed by atoms with Gasteiger partial charge >= 0.3 is 0 Å². The zero-order valence-corrected chi connectivity index (χ0v) is 28.5. The molecule has 0 radical (unpaired) electrons. The minimum atomic E-state index is -0.734. The Bertz CT molecular complexity index is 3690. The van der Waals surface area contributed by atoms with Gasteiger partial charge in [-0.15, -0.1) is 0 Å². The Hall–Kier alpha value is -7.16. The lowest BCUT2D eigenvalue weighted by Gasteiger charge is -2.27. The first-order valence-electron chi connectivity index (χ1n) is 24.3. The van der Waals surface area contributed by atoms with Crippen molar-refractivity contribution in [2.45, 2.75) is 0 Å². The third-order valence-electron chi connectivity index (χ3n) is 9.40. The maximum absolute atomic E-state index is 9.79. The molecule has 1 aromatic heterocycles. The first-order chi connectivity index (χ1) is 32.6. The smallest absolute Gasteiger partial charge is 0.135 e. The standard InChI is InChI=1S/C52H35NO/c1-4-14-37(15-5-1)46-30-28-43(34-49(46)39-18-8-3-9-19-39)53(44-29-31-52-50(35-44)47-22-12-13-23-51(47)54-52)42-26-24-36(25-27-42)41-32-40-20-10-11-21-45(40)48(33-41)38-16-6-2-7-17-38/h1-35H/i2D,6D,7D,10D,11D,16D,17D,20D,24D,25D,26D,27D,32D,33D. The van der Waals surface area contributed by atoms with E-state index in [1.165, 1.54) is 0 Å². The normalized spacial score (nSPS) is 15.0. The van der Waals surface area contributed by atoms with E-state index < -0.39 is 101 Å². The second kappa shape index (κ2) is 13.4. The summed E-state index contributed by atoms with van der Waals surface area (Å²) in [4.78, 5) is 1.62. The van der Waals surface area contributed by atoms with E-state index >= 15 is 0 Å². The van der Waals surface area contributed by atoms with Gasteiger partial charge in [0.2, 0.25) is 0 Å². The van der Waals surface area contributed by atoms with Gasteiger partial charge in [-0.3, -0.25) is 0 Å². The second-order valence-corrected chi connectivity index (χ2v) is 12.6. The molecule has 2 nitrogen and oxygen atoms in total. The molecule has 0 bridgehead atoms. The molecule has 10 aromatic rings. The molecule has 9 aromatic carbocycles. The van der Waals surface area contributed by atoms with Crippen LogP contribution in [0.2, 0.25) is 0 Å². The van der Waals surface area contributed by atoms with Crippen molar-refractivity contribution >= 4 is 49.8 Å². The summed E-state index contributed by atoms with van der Waals surface area (Å²) in [6.45, 7) is 0. The summed E-state index contributed by atoms with van der Waals surface area (Å²) in [7, 11) is 0. The van der Waals surface area contributed by atoms with Crippen molar-refractivity contribution in [2.24, 2.45) is 0 Å². The van der Waals surface area contributed by atoms with E-state index in [0.29, 0.717) is 22.5 Å². The fourth-order valence-corrected chi connectivity index (χ4v) is 6.89. The SMILES string of the molecule is [2H]c1cc2c(-c3c([2H])c([2H])c([2H])c([2H])c3[2H])c([2H])c(-c3c([2H])c([2H])c(N(c4ccc(-c5ccccc5)c(-c5ccccc5)c4)c4ccc5oc6ccccc6c5c4)c([2H])c3[2H])c([2H])c2c([2H])c1[2H]. The number of benzene rings is 9. The van der Waals surface area contributed by atoms with Crippen LogP contribution in [0.15, 0.2) is 216 Å². The Balaban J connectivity index is 1.29. The highest BCUT2D eigenvalue weighted by atomic mass is 16.3. The van der Waals surface area contributed by atoms with Crippen LogP contribution in [0, 0.1) is 0 Å². The number of hydrogen-bond acceptors (Lipinski definition) is 2. The molecule has 0 spiro atoms. The molecule has 0 aliphatic carbocycles. The first kappa shape index (κ1) is 20.2. The van der Waals surface area contributed by atoms with E-state index in [2.05, 4.69) is 0 Å². The quantitative estimate of drug-likeness (QED) is 0.164. The fourth-order valence-electron chi connectivity index (χ4n) is 6.89. The highest BCUT2D eigenvalue weighted by Gasteiger charge is 2.19. The molecule has 0 aliphatic heterocycles. The lowest BCUT2D eigenvalue weighted by atomic mass is 9.92. The van der Waals surface area contributed by atoms with Crippen LogP contribution in [-0.2, 0) is 0 Å². The Morgan fingerprint density at radius 1 is 0.370 bits per heavy atom. The molecule has 0 aliphatic rings. The summed E-state index contributed by atoms with van der Waals surface area (Å²) in [6.07, 6.45) is 0. The molecular formula is C52H35NO. The van der Waals surface area contributed by atoms with Crippen molar-refractivity contribution in [3.8, 4) is 44.5 Å². The van der Waals surface area contributed by atoms with Crippen LogP contribution in [0.3, 0.4) is 0 Å². The van der Waals surface area contributed by atoms with Crippen LogP contribution >= 0.6 is 0 Å². The van der Waals surface area contributed by atoms with Crippen molar-refractivity contribution in [3.63, 3.8) is 0 Å². The van der Waals surface area contributed by atoms with Crippen molar-refractivity contribution in [1.82, 2.24) is 0 Å². The number of para-hydroxylation sites is 1. The molecule has 254 valence electrons. The van der Waals surface area contributed by atoms with Gasteiger partial charge in [-0.05, 0) is 116 Å². The predicted octanol–water partition coefficient (Wildman–Crippen LogP) is 14.9. The Labute approximate surface area is 334 Å². The Morgan fingerprint density at radius 3 is 1.83 bits per heavy atom. The van der Waals surface area contributed by atoms with Gasteiger partial charge in [-0.25, -0.2) is 0 Å². The highest BCUT2D eigenvalue weighted by molar-refractivity contribution is 6.07. The largest absolute Gasteiger partial charge is 0.456 e. The average molecular weight is 704 g/mol. The molecule has 0 fully saturated rings. The maximum atomic E-state index is 9.79. The highest BCUT2D eigenvalue weighted by Crippen LogP contribution is 2.43. The van der Waals surface area contributed by atoms with Crippen molar-refractivity contribution in [3.05, 3.63) is 212 Å². The predicted molar refractivity (Wildman–Crippen MR) is 228 cm³/mol. The van der Waals surface area contributed by atoms with E-state index in [1.54, 1.807) is 17.0 Å². The fraction of sp³-hybridized carbons (Fsp3) is 0. The van der Waals surface area contributed by atoms with Crippen molar-refractivity contribution < 1.29 is 23.6 Å². The molecular weight excluding hydrogens is 655 g/mol. The molecule has 54 heavy (non-hydrogen) atoms. The second-order valence-electron chi connectivity index (χ2n) is 12.6. The topological polar surface area (TPSA) is 16.4 Å². The summed E-state index contributed by atoms with van der Waals surface area (Å²) in [5.74, 6) is 0. The van der Waals surface area contributed by atoms with Gasteiger partial charge < -0.3 is 9.32 Å². The molecule has 2 heteroatoms. The lowest BCUT2D eigenvalue weighted by Crippen LogP contribution is -2.10. The van der Waals surface area contributed by atoms with Crippen molar-refractivity contribution in [1.29, 1.82) is 0 Å². The molecule has 0 unspecified atom stereocenters. The number of furan rings is 1. The van der Waals surface area contributed by atoms with E-state index in [0.717, 1.165) is 39.1 Å². The van der Waals surface area contributed by atoms with Gasteiger partial charge in [0.15, 0.2) is 0 Å². The molecule has 1 heterocycles. The van der Waals surface area contributed by atoms with Gasteiger partial charge in [-0.2, -0.15) is 0 Å². The van der Waals surface area contributed by atoms with Crippen LogP contribution in [0.1, 0.15) is 19.2 Å². The van der Waals surface area contributed by atoms with Crippen LogP contribution < -0.4 is 4.90 Å². The van der Waals surface area contributed by atoms with Crippen LogP contribution in [0.25, 0.3) is 77.2 Å². The average Bonchev–Trinajstić information content (AvgIpc) is 3.73. The van der Waals surface area contributed by atoms with Gasteiger partial charge in [-0.1, -0.05) is 151 Å². The van der Waals surface area contributed by atoms with E-state index in [4.69, 9.17) is 15.4 Å². The number of nitrogens with zero attached hydrogens (tertiary/aromatic N) is 1. The minimum Gasteiger partial charge on any atom is -0.456 e. The summed E-state index contributed by atoms with van der Waals surface area (Å²) in [5, 5.41) is 1.00. The van der Waals surface area contributed by atoms with Crippen LogP contribution in [0.5, 0.6) is 0 Å². The lowest BCUT2D eigenvalue weighted by molar-refractivity contribution is 0.669. The first-order valence-corrected chi connectivity index (χ1v) is 17.3. The molecule has 0 atom stereocenters. The maximum Gasteiger partial charge on any atom is 0.135 e. The summed E-state index contributed by atoms with van der Waals surface area (Å²) in [6, 6.07) is 30.0. The minimum absolute atomic E-state index is 0.180. The van der Waals surface area contributed by atoms with Gasteiger partial charge in [0.05, 0.1) is 19.2 Å². The molecule has 0 amide bonds. The Kier molecular flexibility index (Phi) is 5.02. The number of hydrogen-bond donors (Lipinski definition) is 0. The third-order valence-corrected chi connectivity index (χ3v) is 9.40. The van der Waals surface area contributed by atoms with E-state index in [-0.39, 0.29) is 22.0 Å². The zero-order chi connectivity index (χ0) is 48.0. The van der Waals surface area contributed by atoms with Gasteiger partial charge in [0.25, 0.3) is 0 Å². The zero-order valence-electron chi connectivity index (χ0n) is 42.5. The number of anilines is 3. The third kappa shape index (κ3) is 5.71. The van der Waals surface area contributed by atoms with Crippen LogP contribution in [-0.4, -0.2) is 0 Å². The van der Waals surface area contributed by atoms with Crippen LogP contribution in [0.4, 0.5) is 17.1 Å². The number of fused-ring (bicyclic) bond motifs is 4. The van der Waals surface area contributed by atoms with E-state index in [9.17, 15) is 8.22 Å². The molecule has 0 saturated heterocycles. The monoisotopic (exact) mass is 703 g/mol. The van der Waals surface area contributed by atoms with Gasteiger partial charge in [0.1, 0.15) is 11.2 Å². The summed E-state index contributed by atoms with van der Waals surface area (Å²) in [5.41, 5.74) is 3.55. The summed E-state index contributed by atoms with van der Waals surface area (Å²) >= 11 is 0. The molecule has 10 rings (SSSR count). The van der Waals surface area contributed by atoms with E-state index in [1.807, 2.05) is 109 Å². The molecule has 0 saturated carbocycles. The van der Waals surface area contributed by atoms with Gasteiger partial charge in [0, 0.05) is 27.8 Å².